The minimum atomic E-state index is -1.38. The molecule has 2 unspecified atom stereocenters. The molecule has 13 atom stereocenters. The summed E-state index contributed by atoms with van der Waals surface area (Å²) in [7, 11) is 1.60. The number of carbonyl (C=O) groups is 1. The van der Waals surface area contributed by atoms with Gasteiger partial charge in [0, 0.05) is 30.6 Å². The Kier molecular flexibility index (Phi) is 12.2. The monoisotopic (exact) mass is 615 g/mol. The molecule has 248 valence electrons. The van der Waals surface area contributed by atoms with Crippen LogP contribution in [0.25, 0.3) is 0 Å². The third-order valence-electron chi connectivity index (χ3n) is 9.21. The SMILES string of the molecule is CN[C@@H]1[C@@H](O)[C@@H](O[C@H]2[C@H](NC(=O)[C@@H](O)CCN)C[C@H](N)C([C@H]3OC(CNCC4CCCN4)=CC[C@H]3N)[C@@H]2O)OC[C@]1(C)O. The molecule has 43 heavy (non-hydrogen) atoms. The molecule has 1 aliphatic carbocycles. The maximum absolute atomic E-state index is 12.8. The number of amides is 1. The average molecular weight is 616 g/mol. The Morgan fingerprint density at radius 2 is 2.05 bits per heavy atom. The van der Waals surface area contributed by atoms with Gasteiger partial charge >= 0.3 is 0 Å². The number of nitrogens with one attached hydrogen (secondary N) is 4. The lowest BCUT2D eigenvalue weighted by Crippen LogP contribution is -2.69. The Morgan fingerprint density at radius 3 is 2.72 bits per heavy atom. The predicted molar refractivity (Wildman–Crippen MR) is 157 cm³/mol. The number of aliphatic hydroxyl groups is 4. The van der Waals surface area contributed by atoms with Gasteiger partial charge in [-0.1, -0.05) is 0 Å². The second kappa shape index (κ2) is 15.2. The van der Waals surface area contributed by atoms with E-state index in [4.69, 9.17) is 31.4 Å². The van der Waals surface area contributed by atoms with Crippen LogP contribution in [-0.2, 0) is 19.0 Å². The lowest BCUT2D eigenvalue weighted by Gasteiger charge is -2.50. The Hall–Kier alpha value is -1.47. The summed E-state index contributed by atoms with van der Waals surface area (Å²) < 4.78 is 18.3. The van der Waals surface area contributed by atoms with E-state index in [2.05, 4.69) is 21.3 Å². The van der Waals surface area contributed by atoms with Crippen LogP contribution in [0.3, 0.4) is 0 Å². The molecule has 4 aliphatic rings. The van der Waals surface area contributed by atoms with Crippen LogP contribution >= 0.6 is 0 Å². The third-order valence-corrected chi connectivity index (χ3v) is 9.21. The maximum atomic E-state index is 12.8. The van der Waals surface area contributed by atoms with Crippen LogP contribution < -0.4 is 38.5 Å². The summed E-state index contributed by atoms with van der Waals surface area (Å²) in [5, 5.41) is 56.3. The molecule has 0 aromatic carbocycles. The zero-order valence-corrected chi connectivity index (χ0v) is 25.2. The summed E-state index contributed by atoms with van der Waals surface area (Å²) in [5.41, 5.74) is 17.3. The first-order valence-corrected chi connectivity index (χ1v) is 15.5. The topological polar surface area (TPSA) is 252 Å². The van der Waals surface area contributed by atoms with Crippen LogP contribution in [0.4, 0.5) is 0 Å². The van der Waals surface area contributed by atoms with Gasteiger partial charge in [-0.25, -0.2) is 0 Å². The predicted octanol–water partition coefficient (Wildman–Crippen LogP) is -4.33. The Bertz CT molecular complexity index is 939. The molecule has 1 saturated carbocycles. The number of hydrogen-bond acceptors (Lipinski definition) is 14. The van der Waals surface area contributed by atoms with Crippen molar-refractivity contribution in [3.8, 4) is 0 Å². The van der Waals surface area contributed by atoms with Crippen molar-refractivity contribution in [1.82, 2.24) is 21.3 Å². The van der Waals surface area contributed by atoms with Gasteiger partial charge in [-0.15, -0.1) is 0 Å². The molecule has 3 aliphatic heterocycles. The van der Waals surface area contributed by atoms with Gasteiger partial charge < -0.3 is 73.1 Å². The first-order valence-electron chi connectivity index (χ1n) is 15.5. The molecule has 3 heterocycles. The Labute approximate surface area is 253 Å². The molecule has 4 rings (SSSR count). The van der Waals surface area contributed by atoms with E-state index in [0.29, 0.717) is 24.8 Å². The number of nitrogens with two attached hydrogens (primary N) is 3. The van der Waals surface area contributed by atoms with E-state index in [9.17, 15) is 25.2 Å². The molecular weight excluding hydrogens is 562 g/mol. The molecule has 0 aromatic rings. The first-order chi connectivity index (χ1) is 20.5. The lowest BCUT2D eigenvalue weighted by atomic mass is 9.72. The van der Waals surface area contributed by atoms with Gasteiger partial charge in [0.2, 0.25) is 5.91 Å². The number of rotatable bonds is 12. The van der Waals surface area contributed by atoms with Crippen molar-refractivity contribution in [2.24, 2.45) is 23.1 Å². The van der Waals surface area contributed by atoms with Crippen LogP contribution in [0.5, 0.6) is 0 Å². The Balaban J connectivity index is 1.50. The number of carbonyl (C=O) groups excluding carboxylic acids is 1. The van der Waals surface area contributed by atoms with Gasteiger partial charge in [-0.2, -0.15) is 0 Å². The van der Waals surface area contributed by atoms with Crippen molar-refractivity contribution in [3.63, 3.8) is 0 Å². The molecule has 0 spiro atoms. The minimum absolute atomic E-state index is 0.0510. The van der Waals surface area contributed by atoms with E-state index < -0.39 is 78.4 Å². The van der Waals surface area contributed by atoms with Crippen LogP contribution in [0.2, 0.25) is 0 Å². The number of likely N-dealkylation sites (N-methyl/N-ethyl adjacent to an activating group) is 1. The highest BCUT2D eigenvalue weighted by molar-refractivity contribution is 5.80. The zero-order chi connectivity index (χ0) is 31.3. The standard InChI is InChI=1S/C28H53N7O8/c1-28(40)13-41-27(22(38)25(28)32-2)43-24-18(35-26(39)19(36)7-8-29)10-17(31)20(21(24)37)23-16(30)6-5-15(42-23)12-33-11-14-4-3-9-34-14/h5,14,16-25,27,32-34,36-38,40H,3-4,6-13,29-31H2,1-2H3,(H,35,39)/t14?,16-,17+,18-,19+,20?,21+,22-,23+,24+,25-,27-,28+/m1/s1. The van der Waals surface area contributed by atoms with Crippen molar-refractivity contribution in [2.45, 2.75) is 112 Å². The van der Waals surface area contributed by atoms with E-state index >= 15 is 0 Å². The van der Waals surface area contributed by atoms with E-state index in [1.807, 2.05) is 6.08 Å². The first kappa shape index (κ1) is 34.4. The summed E-state index contributed by atoms with van der Waals surface area (Å²) >= 11 is 0. The van der Waals surface area contributed by atoms with Crippen LogP contribution in [-0.4, -0.2) is 139 Å². The van der Waals surface area contributed by atoms with Crippen molar-refractivity contribution in [1.29, 1.82) is 0 Å². The second-order valence-electron chi connectivity index (χ2n) is 12.6. The molecule has 0 radical (unpaired) electrons. The Morgan fingerprint density at radius 1 is 1.28 bits per heavy atom. The molecule has 0 aromatic heterocycles. The van der Waals surface area contributed by atoms with Gasteiger partial charge in [-0.3, -0.25) is 4.79 Å². The number of ether oxygens (including phenoxy) is 3. The van der Waals surface area contributed by atoms with Gasteiger partial charge in [0.25, 0.3) is 0 Å². The average Bonchev–Trinajstić information content (AvgIpc) is 3.47. The highest BCUT2D eigenvalue weighted by Crippen LogP contribution is 2.36. The summed E-state index contributed by atoms with van der Waals surface area (Å²) in [4.78, 5) is 12.8. The summed E-state index contributed by atoms with van der Waals surface area (Å²) in [6.07, 6.45) is -1.99. The highest BCUT2D eigenvalue weighted by Gasteiger charge is 2.53. The summed E-state index contributed by atoms with van der Waals surface area (Å²) in [6, 6.07) is -2.32. The molecule has 2 saturated heterocycles. The number of hydrogen-bond donors (Lipinski definition) is 11. The van der Waals surface area contributed by atoms with Crippen LogP contribution in [0.1, 0.15) is 39.0 Å². The maximum Gasteiger partial charge on any atom is 0.249 e. The quantitative estimate of drug-likeness (QED) is 0.0993. The highest BCUT2D eigenvalue weighted by atomic mass is 16.7. The fourth-order valence-corrected chi connectivity index (χ4v) is 6.83. The van der Waals surface area contributed by atoms with E-state index in [-0.39, 0.29) is 26.0 Å². The fraction of sp³-hybridized carbons (Fsp3) is 0.893. The van der Waals surface area contributed by atoms with Gasteiger partial charge in [0.05, 0.1) is 31.3 Å². The zero-order valence-electron chi connectivity index (χ0n) is 25.2. The molecule has 15 nitrogen and oxygen atoms in total. The van der Waals surface area contributed by atoms with Crippen molar-refractivity contribution in [2.75, 3.05) is 39.8 Å². The molecular formula is C28H53N7O8. The molecule has 3 fully saturated rings. The van der Waals surface area contributed by atoms with Gasteiger partial charge in [0.1, 0.15) is 35.8 Å². The van der Waals surface area contributed by atoms with Crippen LogP contribution in [0.15, 0.2) is 11.8 Å². The molecule has 0 bridgehead atoms. The summed E-state index contributed by atoms with van der Waals surface area (Å²) in [6.45, 7) is 3.83. The van der Waals surface area contributed by atoms with Crippen molar-refractivity contribution in [3.05, 3.63) is 11.8 Å². The largest absolute Gasteiger partial charge is 0.492 e. The molecule has 1 amide bonds. The van der Waals surface area contributed by atoms with Crippen molar-refractivity contribution >= 4 is 5.91 Å². The normalized spacial score (nSPS) is 42.6. The van der Waals surface area contributed by atoms with E-state index in [1.165, 1.54) is 6.92 Å². The lowest BCUT2D eigenvalue weighted by molar-refractivity contribution is -0.297. The van der Waals surface area contributed by atoms with Crippen LogP contribution in [0, 0.1) is 5.92 Å². The van der Waals surface area contributed by atoms with E-state index in [1.54, 1.807) is 7.05 Å². The summed E-state index contributed by atoms with van der Waals surface area (Å²) in [5.74, 6) is -0.653. The molecule has 14 N–H and O–H groups in total. The van der Waals surface area contributed by atoms with E-state index in [0.717, 1.165) is 25.9 Å². The third kappa shape index (κ3) is 8.23. The van der Waals surface area contributed by atoms with Crippen molar-refractivity contribution < 1.29 is 39.4 Å². The second-order valence-corrected chi connectivity index (χ2v) is 12.6. The number of aliphatic hydroxyl groups excluding tert-OH is 3. The fourth-order valence-electron chi connectivity index (χ4n) is 6.83. The molecule has 15 heteroatoms. The smallest absolute Gasteiger partial charge is 0.249 e. The minimum Gasteiger partial charge on any atom is -0.492 e. The van der Waals surface area contributed by atoms with Gasteiger partial charge in [-0.05, 0) is 65.2 Å². The van der Waals surface area contributed by atoms with Gasteiger partial charge in [0.15, 0.2) is 6.29 Å².